The first-order valence-corrected chi connectivity index (χ1v) is 8.24. The van der Waals surface area contributed by atoms with E-state index in [-0.39, 0.29) is 17.7 Å². The molecular formula is C16H17ClN2O3S. The van der Waals surface area contributed by atoms with Gasteiger partial charge in [-0.2, -0.15) is 5.26 Å². The molecule has 0 fully saturated rings. The summed E-state index contributed by atoms with van der Waals surface area (Å²) in [4.78, 5) is 24.2. The zero-order valence-corrected chi connectivity index (χ0v) is 14.2. The molecule has 1 aromatic rings. The molecule has 0 heterocycles. The van der Waals surface area contributed by atoms with Crippen LogP contribution in [0, 0.1) is 11.3 Å². The van der Waals surface area contributed by atoms with Crippen LogP contribution in [0.25, 0.3) is 0 Å². The number of allylic oxidation sites excluding steroid dienone is 1. The number of esters is 1. The molecule has 5 nitrogen and oxygen atoms in total. The van der Waals surface area contributed by atoms with E-state index < -0.39 is 18.4 Å². The molecule has 1 aromatic carbocycles. The molecule has 0 saturated heterocycles. The van der Waals surface area contributed by atoms with Gasteiger partial charge in [-0.15, -0.1) is 11.8 Å². The van der Waals surface area contributed by atoms with Crippen molar-refractivity contribution in [3.8, 4) is 6.07 Å². The Balaban J connectivity index is 2.25. The van der Waals surface area contributed by atoms with Crippen molar-refractivity contribution in [1.82, 2.24) is 0 Å². The van der Waals surface area contributed by atoms with Gasteiger partial charge in [-0.25, -0.2) is 0 Å². The van der Waals surface area contributed by atoms with Gasteiger partial charge >= 0.3 is 5.97 Å². The van der Waals surface area contributed by atoms with Gasteiger partial charge in [-0.05, 0) is 43.4 Å². The van der Waals surface area contributed by atoms with Crippen LogP contribution in [0.4, 0.5) is 0 Å². The topological polar surface area (TPSA) is 93.2 Å². The Morgan fingerprint density at radius 3 is 2.57 bits per heavy atom. The molecule has 1 rings (SSSR count). The number of carbonyl (C=O) groups is 2. The molecule has 0 spiro atoms. The van der Waals surface area contributed by atoms with Crippen LogP contribution in [0.15, 0.2) is 40.4 Å². The summed E-state index contributed by atoms with van der Waals surface area (Å²) >= 11 is 7.41. The van der Waals surface area contributed by atoms with E-state index in [0.29, 0.717) is 11.4 Å². The van der Waals surface area contributed by atoms with Gasteiger partial charge in [0.25, 0.3) is 0 Å². The number of ketones is 1. The number of halogens is 1. The fraction of sp³-hybridized carbons (Fsp3) is 0.312. The molecule has 0 saturated carbocycles. The van der Waals surface area contributed by atoms with Crippen molar-refractivity contribution in [1.29, 1.82) is 5.26 Å². The van der Waals surface area contributed by atoms with Crippen LogP contribution < -0.4 is 5.73 Å². The lowest BCUT2D eigenvalue weighted by Gasteiger charge is -2.05. The first-order chi connectivity index (χ1) is 10.9. The maximum Gasteiger partial charge on any atom is 0.306 e. The van der Waals surface area contributed by atoms with Crippen LogP contribution in [0.2, 0.25) is 5.02 Å². The van der Waals surface area contributed by atoms with Crippen molar-refractivity contribution in [2.75, 3.05) is 12.4 Å². The van der Waals surface area contributed by atoms with Gasteiger partial charge in [0.1, 0.15) is 11.6 Å². The molecule has 0 atom stereocenters. The van der Waals surface area contributed by atoms with Crippen molar-refractivity contribution in [3.63, 3.8) is 0 Å². The van der Waals surface area contributed by atoms with Crippen LogP contribution in [0.3, 0.4) is 0 Å². The van der Waals surface area contributed by atoms with Crippen molar-refractivity contribution in [3.05, 3.63) is 40.6 Å². The molecular weight excluding hydrogens is 336 g/mol. The van der Waals surface area contributed by atoms with Gasteiger partial charge in [0.05, 0.1) is 0 Å². The molecule has 2 N–H and O–H groups in total. The predicted molar refractivity (Wildman–Crippen MR) is 89.9 cm³/mol. The number of benzene rings is 1. The lowest BCUT2D eigenvalue weighted by molar-refractivity contribution is -0.147. The first-order valence-electron chi connectivity index (χ1n) is 6.87. The quantitative estimate of drug-likeness (QED) is 0.254. The number of ether oxygens (including phenoxy) is 1. The summed E-state index contributed by atoms with van der Waals surface area (Å²) in [7, 11) is 0. The highest BCUT2D eigenvalue weighted by Gasteiger charge is 2.14. The highest BCUT2D eigenvalue weighted by atomic mass is 35.5. The fourth-order valence-corrected chi connectivity index (χ4v) is 2.58. The van der Waals surface area contributed by atoms with E-state index in [1.54, 1.807) is 17.8 Å². The molecule has 0 aliphatic carbocycles. The normalized spacial score (nSPS) is 11.3. The number of nitrogens with two attached hydrogens (primary N) is 1. The molecule has 0 aliphatic rings. The molecule has 0 radical (unpaired) electrons. The van der Waals surface area contributed by atoms with Crippen LogP contribution in [-0.2, 0) is 14.3 Å². The maximum absolute atomic E-state index is 11.6. The average molecular weight is 353 g/mol. The van der Waals surface area contributed by atoms with Gasteiger partial charge < -0.3 is 10.5 Å². The number of rotatable bonds is 8. The van der Waals surface area contributed by atoms with Gasteiger partial charge in [-0.1, -0.05) is 11.6 Å². The second-order valence-corrected chi connectivity index (χ2v) is 6.26. The molecule has 0 bridgehead atoms. The van der Waals surface area contributed by atoms with Gasteiger partial charge in [0.2, 0.25) is 5.78 Å². The van der Waals surface area contributed by atoms with E-state index in [2.05, 4.69) is 0 Å². The maximum atomic E-state index is 11.6. The van der Waals surface area contributed by atoms with Gasteiger partial charge in [0.15, 0.2) is 6.61 Å². The zero-order valence-electron chi connectivity index (χ0n) is 12.7. The summed E-state index contributed by atoms with van der Waals surface area (Å²) in [5.74, 6) is -0.311. The number of thioether (sulfide) groups is 1. The number of Topliss-reactive ketones (excluding diaryl/α,β-unsaturated/α-hetero) is 1. The van der Waals surface area contributed by atoms with Gasteiger partial charge in [0, 0.05) is 22.0 Å². The Morgan fingerprint density at radius 2 is 2.00 bits per heavy atom. The van der Waals surface area contributed by atoms with Crippen LogP contribution in [0.5, 0.6) is 0 Å². The Bertz CT molecular complexity index is 632. The molecule has 7 heteroatoms. The third-order valence-electron chi connectivity index (χ3n) is 2.76. The monoisotopic (exact) mass is 352 g/mol. The lowest BCUT2D eigenvalue weighted by Crippen LogP contribution is -2.17. The summed E-state index contributed by atoms with van der Waals surface area (Å²) in [6.07, 6.45) is 0.832. The molecule has 0 amide bonds. The third-order valence-corrected chi connectivity index (χ3v) is 4.11. The van der Waals surface area contributed by atoms with E-state index in [1.165, 1.54) is 6.92 Å². The van der Waals surface area contributed by atoms with Crippen LogP contribution >= 0.6 is 23.4 Å². The summed E-state index contributed by atoms with van der Waals surface area (Å²) in [6.45, 7) is 0.993. The minimum Gasteiger partial charge on any atom is -0.457 e. The molecule has 0 aliphatic heterocycles. The lowest BCUT2D eigenvalue weighted by atomic mass is 10.1. The second kappa shape index (κ2) is 9.93. The number of hydrogen-bond donors (Lipinski definition) is 1. The molecule has 0 unspecified atom stereocenters. The Hall–Kier alpha value is -1.97. The highest BCUT2D eigenvalue weighted by molar-refractivity contribution is 7.99. The Kier molecular flexibility index (Phi) is 8.23. The highest BCUT2D eigenvalue weighted by Crippen LogP contribution is 2.21. The largest absolute Gasteiger partial charge is 0.457 e. The van der Waals surface area contributed by atoms with Crippen molar-refractivity contribution in [2.45, 2.75) is 24.7 Å². The van der Waals surface area contributed by atoms with Crippen LogP contribution in [-0.4, -0.2) is 24.1 Å². The molecule has 0 aromatic heterocycles. The average Bonchev–Trinajstić information content (AvgIpc) is 2.51. The molecule has 23 heavy (non-hydrogen) atoms. The van der Waals surface area contributed by atoms with E-state index in [0.717, 1.165) is 10.6 Å². The SMILES string of the molecule is C/C(N)=C(/C#N)C(=O)COC(=O)CCCSc1ccc(Cl)cc1. The summed E-state index contributed by atoms with van der Waals surface area (Å²) in [5, 5.41) is 9.45. The minimum absolute atomic E-state index is 0.118. The number of nitrogens with zero attached hydrogens (tertiary/aromatic N) is 1. The standard InChI is InChI=1S/C16H17ClN2O3S/c1-11(19)14(9-18)15(20)10-22-16(21)3-2-8-23-13-6-4-12(17)5-7-13/h4-7H,2-3,8,10,19H2,1H3/b14-11+. The smallest absolute Gasteiger partial charge is 0.306 e. The number of carbonyl (C=O) groups excluding carboxylic acids is 2. The Labute approximate surface area is 144 Å². The predicted octanol–water partition coefficient (Wildman–Crippen LogP) is 3.08. The third kappa shape index (κ3) is 7.22. The second-order valence-electron chi connectivity index (χ2n) is 4.66. The van der Waals surface area contributed by atoms with Crippen LogP contribution in [0.1, 0.15) is 19.8 Å². The first kappa shape index (κ1) is 19.1. The molecule has 122 valence electrons. The Morgan fingerprint density at radius 1 is 1.35 bits per heavy atom. The van der Waals surface area contributed by atoms with Gasteiger partial charge in [-0.3, -0.25) is 9.59 Å². The minimum atomic E-state index is -0.587. The van der Waals surface area contributed by atoms with E-state index in [1.807, 2.05) is 24.3 Å². The van der Waals surface area contributed by atoms with Crippen molar-refractivity contribution < 1.29 is 14.3 Å². The summed E-state index contributed by atoms with van der Waals surface area (Å²) < 4.78 is 4.85. The number of hydrogen-bond acceptors (Lipinski definition) is 6. The number of nitriles is 1. The van der Waals surface area contributed by atoms with E-state index >= 15 is 0 Å². The van der Waals surface area contributed by atoms with E-state index in [9.17, 15) is 9.59 Å². The van der Waals surface area contributed by atoms with Crippen molar-refractivity contribution >= 4 is 35.1 Å². The summed E-state index contributed by atoms with van der Waals surface area (Å²) in [5.41, 5.74) is 5.35. The van der Waals surface area contributed by atoms with E-state index in [4.69, 9.17) is 27.3 Å². The summed E-state index contributed by atoms with van der Waals surface area (Å²) in [6, 6.07) is 9.14. The zero-order chi connectivity index (χ0) is 17.2. The van der Waals surface area contributed by atoms with Crippen molar-refractivity contribution in [2.24, 2.45) is 5.73 Å². The fourth-order valence-electron chi connectivity index (χ4n) is 1.60.